The van der Waals surface area contributed by atoms with Crippen LogP contribution < -0.4 is 4.74 Å². The Balaban J connectivity index is 1.52. The van der Waals surface area contributed by atoms with Crippen molar-refractivity contribution >= 4 is 0 Å². The number of rotatable bonds is 5. The quantitative estimate of drug-likeness (QED) is 0.692. The van der Waals surface area contributed by atoms with Crippen molar-refractivity contribution in [3.63, 3.8) is 0 Å². The highest BCUT2D eigenvalue weighted by Gasteiger charge is 2.25. The van der Waals surface area contributed by atoms with Crippen molar-refractivity contribution in [3.05, 3.63) is 66.1 Å². The third-order valence-corrected chi connectivity index (χ3v) is 5.25. The number of aryl methyl sites for hydroxylation is 1. The molecule has 1 aromatic carbocycles. The average Bonchev–Trinajstić information content (AvgIpc) is 3.31. The largest absolute Gasteiger partial charge is 0.496 e. The molecule has 3 aromatic rings. The first-order valence-electron chi connectivity index (χ1n) is 9.12. The topological polar surface area (TPSA) is 43.2 Å². The fourth-order valence-electron chi connectivity index (χ4n) is 3.72. The third-order valence-electron chi connectivity index (χ3n) is 5.25. The Labute approximate surface area is 158 Å². The Morgan fingerprint density at radius 1 is 1.19 bits per heavy atom. The lowest BCUT2D eigenvalue weighted by Crippen LogP contribution is -2.21. The molecule has 0 spiro atoms. The van der Waals surface area contributed by atoms with Crippen molar-refractivity contribution in [1.82, 2.24) is 19.4 Å². The Hall–Kier alpha value is -2.73. The highest BCUT2D eigenvalue weighted by atomic mass is 19.1. The Kier molecular flexibility index (Phi) is 4.90. The van der Waals surface area contributed by atoms with Crippen LogP contribution in [0, 0.1) is 5.82 Å². The van der Waals surface area contributed by atoms with E-state index in [1.54, 1.807) is 13.2 Å². The maximum Gasteiger partial charge on any atom is 0.131 e. The first-order valence-corrected chi connectivity index (χ1v) is 9.12. The molecule has 0 saturated carbocycles. The van der Waals surface area contributed by atoms with Gasteiger partial charge in [-0.3, -0.25) is 9.88 Å². The van der Waals surface area contributed by atoms with E-state index in [9.17, 15) is 4.39 Å². The molecule has 5 nitrogen and oxygen atoms in total. The number of pyridine rings is 1. The number of ether oxygens (including phenoxy) is 1. The first-order chi connectivity index (χ1) is 13.1. The van der Waals surface area contributed by atoms with Crippen LogP contribution in [0.5, 0.6) is 5.75 Å². The summed E-state index contributed by atoms with van der Waals surface area (Å²) in [4.78, 5) is 11.3. The summed E-state index contributed by atoms with van der Waals surface area (Å²) in [6, 6.07) is 8.74. The minimum atomic E-state index is -0.313. The van der Waals surface area contributed by atoms with E-state index in [2.05, 4.69) is 31.6 Å². The molecule has 0 radical (unpaired) electrons. The van der Waals surface area contributed by atoms with Crippen molar-refractivity contribution in [2.24, 2.45) is 7.05 Å². The number of likely N-dealkylation sites (tertiary alicyclic amines) is 1. The molecular formula is C21H23FN4O. The van der Waals surface area contributed by atoms with E-state index < -0.39 is 0 Å². The summed E-state index contributed by atoms with van der Waals surface area (Å²) >= 11 is 0. The molecule has 0 unspecified atom stereocenters. The van der Waals surface area contributed by atoms with Crippen LogP contribution in [0.4, 0.5) is 4.39 Å². The van der Waals surface area contributed by atoms with E-state index in [1.807, 2.05) is 25.6 Å². The van der Waals surface area contributed by atoms with E-state index in [1.165, 1.54) is 17.7 Å². The van der Waals surface area contributed by atoms with Gasteiger partial charge in [0.05, 0.1) is 19.3 Å². The molecule has 0 aliphatic carbocycles. The predicted molar refractivity (Wildman–Crippen MR) is 102 cm³/mol. The molecule has 1 aliphatic heterocycles. The number of benzene rings is 1. The number of halogens is 1. The molecule has 3 heterocycles. The van der Waals surface area contributed by atoms with Gasteiger partial charge < -0.3 is 9.30 Å². The summed E-state index contributed by atoms with van der Waals surface area (Å²) in [5, 5.41) is 0. The Morgan fingerprint density at radius 3 is 2.85 bits per heavy atom. The SMILES string of the molecule is COc1cc(F)ccc1-c1cc([C@@H]2CCN(Cc3nccn3C)C2)ccn1. The standard InChI is InChI=1S/C21H23FN4O/c1-25-10-8-24-21(25)14-26-9-6-16(13-26)15-5-7-23-19(11-15)18-4-3-17(22)12-20(18)27-2/h3-5,7-8,10-12,16H,6,9,13-14H2,1-2H3/t16-/m1/s1. The Morgan fingerprint density at radius 2 is 2.07 bits per heavy atom. The van der Waals surface area contributed by atoms with Crippen molar-refractivity contribution in [2.45, 2.75) is 18.9 Å². The number of hydrogen-bond donors (Lipinski definition) is 0. The molecule has 140 valence electrons. The summed E-state index contributed by atoms with van der Waals surface area (Å²) in [6.45, 7) is 2.91. The molecule has 1 aliphatic rings. The van der Waals surface area contributed by atoms with Crippen LogP contribution in [0.15, 0.2) is 48.9 Å². The zero-order valence-electron chi connectivity index (χ0n) is 15.6. The zero-order chi connectivity index (χ0) is 18.8. The van der Waals surface area contributed by atoms with Gasteiger partial charge in [-0.2, -0.15) is 0 Å². The van der Waals surface area contributed by atoms with E-state index in [0.717, 1.165) is 43.1 Å². The molecule has 1 fully saturated rings. The number of nitrogens with zero attached hydrogens (tertiary/aromatic N) is 4. The van der Waals surface area contributed by atoms with Gasteiger partial charge in [-0.15, -0.1) is 0 Å². The molecule has 1 saturated heterocycles. The van der Waals surface area contributed by atoms with Crippen LogP contribution in [0.3, 0.4) is 0 Å². The second-order valence-electron chi connectivity index (χ2n) is 6.99. The van der Waals surface area contributed by atoms with Gasteiger partial charge in [0.25, 0.3) is 0 Å². The zero-order valence-corrected chi connectivity index (χ0v) is 15.6. The van der Waals surface area contributed by atoms with Crippen LogP contribution in [0.1, 0.15) is 23.7 Å². The highest BCUT2D eigenvalue weighted by Crippen LogP contribution is 2.33. The van der Waals surface area contributed by atoms with Gasteiger partial charge in [-0.05, 0) is 48.7 Å². The van der Waals surface area contributed by atoms with Crippen molar-refractivity contribution < 1.29 is 9.13 Å². The predicted octanol–water partition coefficient (Wildman–Crippen LogP) is 3.62. The minimum Gasteiger partial charge on any atom is -0.496 e. The molecule has 6 heteroatoms. The minimum absolute atomic E-state index is 0.313. The smallest absolute Gasteiger partial charge is 0.131 e. The van der Waals surface area contributed by atoms with Crippen LogP contribution in [0.25, 0.3) is 11.3 Å². The molecular weight excluding hydrogens is 343 g/mol. The molecule has 0 amide bonds. The van der Waals surface area contributed by atoms with Crippen LogP contribution in [0.2, 0.25) is 0 Å². The highest BCUT2D eigenvalue weighted by molar-refractivity contribution is 5.67. The number of imidazole rings is 1. The fraction of sp³-hybridized carbons (Fsp3) is 0.333. The molecule has 27 heavy (non-hydrogen) atoms. The molecule has 0 bridgehead atoms. The van der Waals surface area contributed by atoms with Gasteiger partial charge in [0.2, 0.25) is 0 Å². The molecule has 1 atom stereocenters. The lowest BCUT2D eigenvalue weighted by molar-refractivity contribution is 0.314. The van der Waals surface area contributed by atoms with E-state index >= 15 is 0 Å². The molecule has 2 aromatic heterocycles. The fourth-order valence-corrected chi connectivity index (χ4v) is 3.72. The summed E-state index contributed by atoms with van der Waals surface area (Å²) < 4.78 is 20.9. The van der Waals surface area contributed by atoms with E-state index in [0.29, 0.717) is 11.7 Å². The second-order valence-corrected chi connectivity index (χ2v) is 6.99. The second kappa shape index (κ2) is 7.48. The van der Waals surface area contributed by atoms with Gasteiger partial charge in [0.1, 0.15) is 17.4 Å². The number of methoxy groups -OCH3 is 1. The summed E-state index contributed by atoms with van der Waals surface area (Å²) in [7, 11) is 3.58. The molecule has 4 rings (SSSR count). The van der Waals surface area contributed by atoms with Crippen molar-refractivity contribution in [3.8, 4) is 17.0 Å². The lowest BCUT2D eigenvalue weighted by atomic mass is 9.97. The van der Waals surface area contributed by atoms with E-state index in [-0.39, 0.29) is 5.82 Å². The number of hydrogen-bond acceptors (Lipinski definition) is 4. The van der Waals surface area contributed by atoms with Gasteiger partial charge >= 0.3 is 0 Å². The van der Waals surface area contributed by atoms with Gasteiger partial charge in [-0.25, -0.2) is 9.37 Å². The van der Waals surface area contributed by atoms with Crippen LogP contribution in [-0.2, 0) is 13.6 Å². The lowest BCUT2D eigenvalue weighted by Gasteiger charge is -2.16. The van der Waals surface area contributed by atoms with Crippen LogP contribution in [-0.4, -0.2) is 39.6 Å². The van der Waals surface area contributed by atoms with Gasteiger partial charge in [-0.1, -0.05) is 0 Å². The summed E-state index contributed by atoms with van der Waals surface area (Å²) in [6.07, 6.45) is 6.76. The first kappa shape index (κ1) is 17.7. The van der Waals surface area contributed by atoms with Gasteiger partial charge in [0, 0.05) is 43.8 Å². The maximum absolute atomic E-state index is 13.5. The van der Waals surface area contributed by atoms with Crippen molar-refractivity contribution in [2.75, 3.05) is 20.2 Å². The Bertz CT molecular complexity index is 939. The van der Waals surface area contributed by atoms with Crippen LogP contribution >= 0.6 is 0 Å². The monoisotopic (exact) mass is 366 g/mol. The number of aromatic nitrogens is 3. The molecule has 0 N–H and O–H groups in total. The van der Waals surface area contributed by atoms with E-state index in [4.69, 9.17) is 4.74 Å². The van der Waals surface area contributed by atoms with Gasteiger partial charge in [0.15, 0.2) is 0 Å². The summed E-state index contributed by atoms with van der Waals surface area (Å²) in [5.74, 6) is 1.73. The normalized spacial score (nSPS) is 17.4. The summed E-state index contributed by atoms with van der Waals surface area (Å²) in [5.41, 5.74) is 2.88. The third kappa shape index (κ3) is 3.71. The maximum atomic E-state index is 13.5. The van der Waals surface area contributed by atoms with Crippen molar-refractivity contribution in [1.29, 1.82) is 0 Å². The average molecular weight is 366 g/mol.